The molecule has 0 saturated heterocycles. The highest BCUT2D eigenvalue weighted by atomic mass is 16.5. The minimum atomic E-state index is 0.0278. The molecule has 0 fully saturated rings. The van der Waals surface area contributed by atoms with Gasteiger partial charge in [0.2, 0.25) is 0 Å². The van der Waals surface area contributed by atoms with Gasteiger partial charge in [-0.2, -0.15) is 0 Å². The van der Waals surface area contributed by atoms with Crippen molar-refractivity contribution in [2.45, 2.75) is 0 Å². The minimum absolute atomic E-state index is 0.0278. The first-order valence-corrected chi connectivity index (χ1v) is 3.96. The Kier molecular flexibility index (Phi) is 19.5. The molecule has 0 bridgehead atoms. The number of ether oxygens (including phenoxy) is 2. The van der Waals surface area contributed by atoms with Crippen molar-refractivity contribution in [3.8, 4) is 0 Å². The summed E-state index contributed by atoms with van der Waals surface area (Å²) in [5.41, 5.74) is 0. The van der Waals surface area contributed by atoms with Gasteiger partial charge in [0.25, 0.3) is 0 Å². The first kappa shape index (κ1) is 14.7. The predicted octanol–water partition coefficient (Wildman–Crippen LogP) is 0.320. The van der Waals surface area contributed by atoms with E-state index in [9.17, 15) is 0 Å². The zero-order valence-electron chi connectivity index (χ0n) is 7.82. The van der Waals surface area contributed by atoms with Crippen molar-refractivity contribution < 1.29 is 19.7 Å². The molecule has 0 atom stereocenters. The molecule has 4 nitrogen and oxygen atoms in total. The predicted molar refractivity (Wildman–Crippen MR) is 51.3 cm³/mol. The molecule has 0 aromatic heterocycles. The molecule has 78 valence electrons. The lowest BCUT2D eigenvalue weighted by atomic mass is 10.7. The van der Waals surface area contributed by atoms with Crippen LogP contribution in [0.25, 0.3) is 0 Å². The molecular weight excluding hydrogens is 172 g/mol. The van der Waals surface area contributed by atoms with Crippen LogP contribution in [0, 0.1) is 0 Å². The third kappa shape index (κ3) is 24.7. The second-order valence-corrected chi connectivity index (χ2v) is 1.85. The van der Waals surface area contributed by atoms with Gasteiger partial charge in [-0.15, -0.1) is 0 Å². The largest absolute Gasteiger partial charge is 0.498 e. The van der Waals surface area contributed by atoms with Crippen LogP contribution < -0.4 is 0 Å². The summed E-state index contributed by atoms with van der Waals surface area (Å²) in [5.74, 6) is 0. The van der Waals surface area contributed by atoms with Crippen molar-refractivity contribution in [1.29, 1.82) is 0 Å². The van der Waals surface area contributed by atoms with E-state index in [1.54, 1.807) is 6.08 Å². The van der Waals surface area contributed by atoms with Crippen LogP contribution >= 0.6 is 0 Å². The lowest BCUT2D eigenvalue weighted by molar-refractivity contribution is 0.0650. The Morgan fingerprint density at radius 2 is 1.62 bits per heavy atom. The fraction of sp³-hybridized carbons (Fsp3) is 0.556. The molecule has 13 heavy (non-hydrogen) atoms. The molecule has 0 heterocycles. The molecule has 0 aromatic rings. The summed E-state index contributed by atoms with van der Waals surface area (Å²) in [7, 11) is 0. The standard InChI is InChI=1S/C5H8O.C4H10O3/c1-3-5-6-4-2;5-1-3-7-4-2-6/h3-4H,1-2,5H2;5-6H,1-4H2. The lowest BCUT2D eigenvalue weighted by Gasteiger charge is -1.94. The molecule has 0 aliphatic heterocycles. The van der Waals surface area contributed by atoms with E-state index in [0.29, 0.717) is 19.8 Å². The smallest absolute Gasteiger partial charge is 0.105 e. The van der Waals surface area contributed by atoms with Crippen molar-refractivity contribution in [1.82, 2.24) is 0 Å². The molecule has 0 radical (unpaired) electrons. The zero-order chi connectivity index (χ0) is 10.4. The third-order valence-electron chi connectivity index (χ3n) is 0.803. The molecule has 4 heteroatoms. The SMILES string of the molecule is C=CCOC=C.OCCOCCO. The fourth-order valence-corrected chi connectivity index (χ4v) is 0.367. The Morgan fingerprint density at radius 1 is 1.08 bits per heavy atom. The molecule has 0 aliphatic rings. The van der Waals surface area contributed by atoms with Crippen LogP contribution in [0.2, 0.25) is 0 Å². The van der Waals surface area contributed by atoms with Gasteiger partial charge in [-0.25, -0.2) is 0 Å². The molecular formula is C9H18O4. The first-order valence-electron chi connectivity index (χ1n) is 3.96. The summed E-state index contributed by atoms with van der Waals surface area (Å²) in [4.78, 5) is 0. The summed E-state index contributed by atoms with van der Waals surface area (Å²) in [6.45, 7) is 8.01. The Labute approximate surface area is 79.1 Å². The van der Waals surface area contributed by atoms with Gasteiger partial charge >= 0.3 is 0 Å². The number of rotatable bonds is 7. The van der Waals surface area contributed by atoms with Crippen LogP contribution in [0.15, 0.2) is 25.5 Å². The number of hydrogen-bond acceptors (Lipinski definition) is 4. The Morgan fingerprint density at radius 3 is 1.85 bits per heavy atom. The quantitative estimate of drug-likeness (QED) is 0.345. The third-order valence-corrected chi connectivity index (χ3v) is 0.803. The van der Waals surface area contributed by atoms with Crippen LogP contribution in [0.4, 0.5) is 0 Å². The summed E-state index contributed by atoms with van der Waals surface area (Å²) >= 11 is 0. The topological polar surface area (TPSA) is 58.9 Å². The van der Waals surface area contributed by atoms with Gasteiger partial charge in [0.15, 0.2) is 0 Å². The van der Waals surface area contributed by atoms with E-state index >= 15 is 0 Å². The van der Waals surface area contributed by atoms with E-state index in [4.69, 9.17) is 10.2 Å². The maximum atomic E-state index is 8.09. The van der Waals surface area contributed by atoms with Crippen molar-refractivity contribution >= 4 is 0 Å². The zero-order valence-corrected chi connectivity index (χ0v) is 7.82. The molecule has 0 aromatic carbocycles. The van der Waals surface area contributed by atoms with Crippen molar-refractivity contribution in [2.24, 2.45) is 0 Å². The van der Waals surface area contributed by atoms with Gasteiger partial charge in [-0.3, -0.25) is 0 Å². The summed E-state index contributed by atoms with van der Waals surface area (Å²) in [6, 6.07) is 0. The summed E-state index contributed by atoms with van der Waals surface area (Å²) in [6.07, 6.45) is 3.06. The molecule has 0 amide bonds. The number of aliphatic hydroxyl groups is 2. The normalized spacial score (nSPS) is 8.15. The summed E-state index contributed by atoms with van der Waals surface area (Å²) in [5, 5.41) is 16.2. The second kappa shape index (κ2) is 17.3. The van der Waals surface area contributed by atoms with E-state index in [1.807, 2.05) is 0 Å². The molecule has 0 aliphatic carbocycles. The highest BCUT2D eigenvalue weighted by Gasteiger charge is 1.79. The highest BCUT2D eigenvalue weighted by molar-refractivity contribution is 4.65. The van der Waals surface area contributed by atoms with Crippen LogP contribution in [-0.2, 0) is 9.47 Å². The monoisotopic (exact) mass is 190 g/mol. The van der Waals surface area contributed by atoms with Crippen molar-refractivity contribution in [2.75, 3.05) is 33.0 Å². The van der Waals surface area contributed by atoms with Gasteiger partial charge in [0, 0.05) is 0 Å². The van der Waals surface area contributed by atoms with Crippen molar-refractivity contribution in [3.63, 3.8) is 0 Å². The van der Waals surface area contributed by atoms with Gasteiger partial charge in [0.1, 0.15) is 6.61 Å². The van der Waals surface area contributed by atoms with Crippen LogP contribution in [0.3, 0.4) is 0 Å². The van der Waals surface area contributed by atoms with Crippen molar-refractivity contribution in [3.05, 3.63) is 25.5 Å². The number of hydrogen-bond donors (Lipinski definition) is 2. The fourth-order valence-electron chi connectivity index (χ4n) is 0.367. The Hall–Kier alpha value is -0.840. The maximum Gasteiger partial charge on any atom is 0.105 e. The lowest BCUT2D eigenvalue weighted by Crippen LogP contribution is -2.03. The van der Waals surface area contributed by atoms with E-state index in [0.717, 1.165) is 0 Å². The average Bonchev–Trinajstić information content (AvgIpc) is 2.17. The van der Waals surface area contributed by atoms with E-state index in [2.05, 4.69) is 22.6 Å². The van der Waals surface area contributed by atoms with Gasteiger partial charge < -0.3 is 19.7 Å². The highest BCUT2D eigenvalue weighted by Crippen LogP contribution is 1.70. The van der Waals surface area contributed by atoms with Crippen LogP contribution in [0.5, 0.6) is 0 Å². The van der Waals surface area contributed by atoms with Gasteiger partial charge in [-0.1, -0.05) is 19.2 Å². The number of aliphatic hydroxyl groups excluding tert-OH is 2. The molecule has 0 rings (SSSR count). The molecule has 2 N–H and O–H groups in total. The first-order chi connectivity index (χ1) is 6.33. The van der Waals surface area contributed by atoms with Gasteiger partial charge in [0.05, 0.1) is 32.7 Å². The van der Waals surface area contributed by atoms with E-state index in [-0.39, 0.29) is 13.2 Å². The molecule has 0 spiro atoms. The van der Waals surface area contributed by atoms with Crippen LogP contribution in [0.1, 0.15) is 0 Å². The minimum Gasteiger partial charge on any atom is -0.498 e. The Balaban J connectivity index is 0. The average molecular weight is 190 g/mol. The van der Waals surface area contributed by atoms with E-state index in [1.165, 1.54) is 6.26 Å². The molecule has 0 unspecified atom stereocenters. The summed E-state index contributed by atoms with van der Waals surface area (Å²) < 4.78 is 9.26. The van der Waals surface area contributed by atoms with Gasteiger partial charge in [-0.05, 0) is 0 Å². The van der Waals surface area contributed by atoms with Crippen LogP contribution in [-0.4, -0.2) is 43.2 Å². The maximum absolute atomic E-state index is 8.09. The second-order valence-electron chi connectivity index (χ2n) is 1.85. The molecule has 0 saturated carbocycles. The Bertz CT molecular complexity index is 91.8. The van der Waals surface area contributed by atoms with E-state index < -0.39 is 0 Å².